The van der Waals surface area contributed by atoms with Gasteiger partial charge in [0.2, 0.25) is 17.7 Å². The van der Waals surface area contributed by atoms with Crippen LogP contribution in [0.15, 0.2) is 109 Å². The molecule has 5 aromatic carbocycles. The van der Waals surface area contributed by atoms with Gasteiger partial charge in [0.15, 0.2) is 11.5 Å². The first-order chi connectivity index (χ1) is 34.9. The Balaban J connectivity index is -0.000000101. The van der Waals surface area contributed by atoms with Crippen molar-refractivity contribution in [2.45, 2.75) is 216 Å². The molecule has 0 spiro atoms. The van der Waals surface area contributed by atoms with Crippen LogP contribution in [0.3, 0.4) is 0 Å². The maximum absolute atomic E-state index is 11.9. The van der Waals surface area contributed by atoms with Crippen molar-refractivity contribution in [3.63, 3.8) is 0 Å². The van der Waals surface area contributed by atoms with E-state index in [9.17, 15) is 39.6 Å². The summed E-state index contributed by atoms with van der Waals surface area (Å²) >= 11 is 0. The third-order valence-corrected chi connectivity index (χ3v) is 13.0. The molecule has 0 aliphatic carbocycles. The average molecular weight is 1200 g/mol. The SMILES string of the molecule is C.C.C.C.C.C.C.C.C.C.CCC(C)(C)C(=O)Nc1ccc(O)c(OC)c1.CCC(C)(C)C(=O)Nc1ccc(O)cc1.CCC(C)(C)C(=O)Nc1cccc(O)c1.CCC(C)(C)C(=O)OCc1ccc(O)cc1.CCC(C)c1cc(O)cc(O)c1. The largest absolute Gasteiger partial charge is 0.508 e. The van der Waals surface area contributed by atoms with Crippen molar-refractivity contribution in [1.29, 1.82) is 0 Å². The van der Waals surface area contributed by atoms with E-state index in [4.69, 9.17) is 19.7 Å². The molecule has 0 fully saturated rings. The fourth-order valence-electron chi connectivity index (χ4n) is 5.49. The van der Waals surface area contributed by atoms with E-state index in [0.717, 1.165) is 43.2 Å². The predicted molar refractivity (Wildman–Crippen MR) is 367 cm³/mol. The van der Waals surface area contributed by atoms with E-state index in [1.54, 1.807) is 91.0 Å². The number of rotatable bonds is 16. The molecule has 0 saturated heterocycles. The van der Waals surface area contributed by atoms with Crippen LogP contribution in [0.25, 0.3) is 0 Å². The lowest BCUT2D eigenvalue weighted by Gasteiger charge is -2.21. The molecule has 0 bridgehead atoms. The lowest BCUT2D eigenvalue weighted by atomic mass is 9.89. The topological polar surface area (TPSA) is 244 Å². The fraction of sp³-hybridized carbons (Fsp3) is 0.514. The fourth-order valence-corrected chi connectivity index (χ4v) is 5.49. The molecule has 0 heterocycles. The summed E-state index contributed by atoms with van der Waals surface area (Å²) < 4.78 is 10.2. The summed E-state index contributed by atoms with van der Waals surface area (Å²) in [5.41, 5.74) is 2.21. The van der Waals surface area contributed by atoms with Gasteiger partial charge in [0, 0.05) is 51.5 Å². The van der Waals surface area contributed by atoms with Gasteiger partial charge in [-0.3, -0.25) is 19.2 Å². The summed E-state index contributed by atoms with van der Waals surface area (Å²) in [6.07, 6.45) is 4.08. The Hall–Kier alpha value is -7.42. The van der Waals surface area contributed by atoms with Crippen molar-refractivity contribution >= 4 is 40.8 Å². The zero-order chi connectivity index (χ0) is 57.3. The first kappa shape index (κ1) is 99.6. The number of amides is 3. The number of ether oxygens (including phenoxy) is 2. The number of phenols is 6. The Morgan fingerprint density at radius 3 is 1.16 bits per heavy atom. The Kier molecular flexibility index (Phi) is 55.0. The molecule has 0 radical (unpaired) electrons. The van der Waals surface area contributed by atoms with E-state index >= 15 is 0 Å². The summed E-state index contributed by atoms with van der Waals surface area (Å²) in [7, 11) is 1.47. The number of methoxy groups -OCH3 is 1. The number of phenolic OH excluding ortho intramolecular Hbond substituents is 6. The Labute approximate surface area is 519 Å². The van der Waals surface area contributed by atoms with Crippen molar-refractivity contribution < 1.29 is 59.3 Å². The van der Waals surface area contributed by atoms with E-state index in [1.807, 2.05) is 83.1 Å². The molecular weight excluding hydrogens is 1070 g/mol. The summed E-state index contributed by atoms with van der Waals surface area (Å²) in [6, 6.07) is 29.1. The molecule has 0 saturated carbocycles. The number of hydrogen-bond acceptors (Lipinski definition) is 12. The zero-order valence-corrected chi connectivity index (χ0v) is 46.8. The van der Waals surface area contributed by atoms with E-state index in [0.29, 0.717) is 28.7 Å². The second kappa shape index (κ2) is 46.9. The number of benzene rings is 5. The number of anilines is 3. The van der Waals surface area contributed by atoms with Crippen LogP contribution in [0.5, 0.6) is 40.2 Å². The van der Waals surface area contributed by atoms with Crippen molar-refractivity contribution in [2.75, 3.05) is 23.1 Å². The van der Waals surface area contributed by atoms with Gasteiger partial charge in [-0.15, -0.1) is 0 Å². The molecule has 85 heavy (non-hydrogen) atoms. The van der Waals surface area contributed by atoms with Gasteiger partial charge < -0.3 is 56.1 Å². The molecule has 1 unspecified atom stereocenters. The van der Waals surface area contributed by atoms with Gasteiger partial charge >= 0.3 is 5.97 Å². The lowest BCUT2D eigenvalue weighted by molar-refractivity contribution is -0.155. The van der Waals surface area contributed by atoms with Crippen LogP contribution in [0, 0.1) is 21.7 Å². The number of carbonyl (C=O) groups is 4. The van der Waals surface area contributed by atoms with Gasteiger partial charge in [0.25, 0.3) is 0 Å². The normalized spacial score (nSPS) is 10.1. The first-order valence-electron chi connectivity index (χ1n) is 25.3. The summed E-state index contributed by atoms with van der Waals surface area (Å²) in [5.74, 6) is 1.33. The van der Waals surface area contributed by atoms with Crippen molar-refractivity contribution in [1.82, 2.24) is 0 Å². The number of carbonyl (C=O) groups excluding carboxylic acids is 4. The number of esters is 1. The molecule has 0 aromatic heterocycles. The van der Waals surface area contributed by atoms with Crippen LogP contribution in [-0.4, -0.2) is 61.4 Å². The van der Waals surface area contributed by atoms with Crippen LogP contribution >= 0.6 is 0 Å². The first-order valence-corrected chi connectivity index (χ1v) is 25.3. The summed E-state index contributed by atoms with van der Waals surface area (Å²) in [5, 5.41) is 63.6. The van der Waals surface area contributed by atoms with Crippen molar-refractivity contribution in [3.05, 3.63) is 120 Å². The van der Waals surface area contributed by atoms with Crippen LogP contribution in [0.1, 0.15) is 220 Å². The number of hydrogen-bond donors (Lipinski definition) is 9. The Morgan fingerprint density at radius 1 is 0.435 bits per heavy atom. The minimum Gasteiger partial charge on any atom is -0.508 e. The van der Waals surface area contributed by atoms with Gasteiger partial charge in [-0.2, -0.15) is 0 Å². The quantitative estimate of drug-likeness (QED) is 0.0331. The van der Waals surface area contributed by atoms with E-state index in [-0.39, 0.29) is 150 Å². The van der Waals surface area contributed by atoms with Crippen LogP contribution in [-0.2, 0) is 30.5 Å². The molecule has 492 valence electrons. The summed E-state index contributed by atoms with van der Waals surface area (Å²) in [6.45, 7) is 27.4. The number of aromatic hydroxyl groups is 6. The van der Waals surface area contributed by atoms with E-state index in [1.165, 1.54) is 25.3 Å². The van der Waals surface area contributed by atoms with Gasteiger partial charge in [-0.05, 0) is 136 Å². The molecule has 3 amide bonds. The second-order valence-corrected chi connectivity index (χ2v) is 20.6. The highest BCUT2D eigenvalue weighted by Crippen LogP contribution is 2.31. The maximum atomic E-state index is 11.9. The van der Waals surface area contributed by atoms with Crippen LogP contribution < -0.4 is 20.7 Å². The Morgan fingerprint density at radius 2 is 0.800 bits per heavy atom. The minimum absolute atomic E-state index is 0. The smallest absolute Gasteiger partial charge is 0.311 e. The van der Waals surface area contributed by atoms with Crippen molar-refractivity contribution in [2.24, 2.45) is 21.7 Å². The zero-order valence-electron chi connectivity index (χ0n) is 46.8. The molecular formula is C70H125N3O12. The van der Waals surface area contributed by atoms with E-state index < -0.39 is 10.8 Å². The molecule has 9 N–H and O–H groups in total. The average Bonchev–Trinajstić information content (AvgIpc) is 3.37. The van der Waals surface area contributed by atoms with Gasteiger partial charge in [-0.25, -0.2) is 0 Å². The molecule has 5 rings (SSSR count). The highest BCUT2D eigenvalue weighted by molar-refractivity contribution is 5.96. The molecule has 0 aliphatic rings. The third kappa shape index (κ3) is 36.1. The predicted octanol–water partition coefficient (Wildman–Crippen LogP) is 20.2. The maximum Gasteiger partial charge on any atom is 0.311 e. The highest BCUT2D eigenvalue weighted by atomic mass is 16.5. The summed E-state index contributed by atoms with van der Waals surface area (Å²) in [4.78, 5) is 47.2. The molecule has 0 aliphatic heterocycles. The van der Waals surface area contributed by atoms with Gasteiger partial charge in [0.1, 0.15) is 35.4 Å². The molecule has 15 heteroatoms. The standard InChI is InChI=1S/C13H19NO3.C13H18O3.2C12H17NO2.C10H14O2.10CH4/c1-5-13(2,3)12(16)14-9-6-7-10(15)11(8-9)17-4;1-4-13(2,3)12(15)16-9-10-5-7-11(14)8-6-10;1-4-12(2,3)11(15)13-9-5-7-10(14)8-6-9;1-4-12(2,3)11(15)13-9-6-5-7-10(14)8-9;1-3-7(2)8-4-9(11)6-10(12)5-8;;;;;;;;;;/h6-8,15H,5H2,1-4H3,(H,14,16);5-8,14H,4,9H2,1-3H3;2*5-8,14H,4H2,1-3H3,(H,13,15);4-7,11-12H,3H2,1-2H3;10*1H4. The highest BCUT2D eigenvalue weighted by Gasteiger charge is 2.28. The third-order valence-electron chi connectivity index (χ3n) is 13.0. The van der Waals surface area contributed by atoms with Gasteiger partial charge in [-0.1, -0.05) is 176 Å². The van der Waals surface area contributed by atoms with Crippen LogP contribution in [0.4, 0.5) is 17.1 Å². The second-order valence-electron chi connectivity index (χ2n) is 20.6. The molecule has 5 aromatic rings. The van der Waals surface area contributed by atoms with Gasteiger partial charge in [0.05, 0.1) is 12.5 Å². The molecule has 1 atom stereocenters. The molecule has 15 nitrogen and oxygen atoms in total. The van der Waals surface area contributed by atoms with Crippen LogP contribution in [0.2, 0.25) is 0 Å². The van der Waals surface area contributed by atoms with Crippen molar-refractivity contribution in [3.8, 4) is 40.2 Å². The monoisotopic (exact) mass is 1200 g/mol. The number of nitrogens with one attached hydrogen (secondary N) is 3. The Bertz CT molecular complexity index is 2540. The van der Waals surface area contributed by atoms with E-state index in [2.05, 4.69) is 29.8 Å². The minimum atomic E-state index is -0.434. The lowest BCUT2D eigenvalue weighted by Crippen LogP contribution is -2.29.